The molecular formula is C15H23N3O3. The largest absolute Gasteiger partial charge is 0.395 e. The van der Waals surface area contributed by atoms with E-state index in [-0.39, 0.29) is 17.2 Å². The number of benzene rings is 1. The first kappa shape index (κ1) is 15.9. The van der Waals surface area contributed by atoms with Crippen molar-refractivity contribution in [3.05, 3.63) is 39.4 Å². The molecule has 116 valence electrons. The fraction of sp³-hybridized carbons (Fsp3) is 0.600. The van der Waals surface area contributed by atoms with E-state index >= 15 is 0 Å². The van der Waals surface area contributed by atoms with E-state index in [9.17, 15) is 15.2 Å². The number of hydrogen-bond donors (Lipinski definition) is 2. The third-order valence-electron chi connectivity index (χ3n) is 4.07. The fourth-order valence-electron chi connectivity index (χ4n) is 2.88. The number of nitro groups is 1. The molecule has 1 saturated heterocycles. The van der Waals surface area contributed by atoms with Crippen molar-refractivity contribution in [3.63, 3.8) is 0 Å². The maximum absolute atomic E-state index is 11.0. The van der Waals surface area contributed by atoms with E-state index in [1.165, 1.54) is 12.5 Å². The maximum Gasteiger partial charge on any atom is 0.272 e. The van der Waals surface area contributed by atoms with Crippen LogP contribution in [0.15, 0.2) is 18.2 Å². The minimum atomic E-state index is -0.340. The van der Waals surface area contributed by atoms with Crippen LogP contribution >= 0.6 is 0 Å². The van der Waals surface area contributed by atoms with Gasteiger partial charge in [-0.2, -0.15) is 0 Å². The molecule has 1 unspecified atom stereocenters. The van der Waals surface area contributed by atoms with Crippen LogP contribution in [0.3, 0.4) is 0 Å². The molecule has 21 heavy (non-hydrogen) atoms. The molecule has 0 aromatic heterocycles. The summed E-state index contributed by atoms with van der Waals surface area (Å²) in [7, 11) is 0. The summed E-state index contributed by atoms with van der Waals surface area (Å²) in [5.74, 6) is 0. The first-order chi connectivity index (χ1) is 10.1. The molecule has 1 fully saturated rings. The van der Waals surface area contributed by atoms with E-state index in [0.29, 0.717) is 24.7 Å². The van der Waals surface area contributed by atoms with Crippen molar-refractivity contribution in [1.82, 2.24) is 10.2 Å². The minimum Gasteiger partial charge on any atom is -0.395 e. The van der Waals surface area contributed by atoms with Gasteiger partial charge in [0.25, 0.3) is 5.69 Å². The summed E-state index contributed by atoms with van der Waals surface area (Å²) in [5, 5.41) is 23.7. The van der Waals surface area contributed by atoms with E-state index in [0.717, 1.165) is 25.1 Å². The normalized spacial score (nSPS) is 18.3. The van der Waals surface area contributed by atoms with E-state index in [4.69, 9.17) is 0 Å². The van der Waals surface area contributed by atoms with Crippen LogP contribution in [-0.2, 0) is 6.54 Å². The summed E-state index contributed by atoms with van der Waals surface area (Å²) < 4.78 is 0. The van der Waals surface area contributed by atoms with Crippen LogP contribution in [0.4, 0.5) is 5.69 Å². The number of rotatable bonds is 7. The number of aliphatic hydroxyl groups is 1. The van der Waals surface area contributed by atoms with Crippen LogP contribution in [0.5, 0.6) is 0 Å². The maximum atomic E-state index is 11.0. The first-order valence-electron chi connectivity index (χ1n) is 7.41. The Labute approximate surface area is 124 Å². The molecule has 0 radical (unpaired) electrons. The lowest BCUT2D eigenvalue weighted by Crippen LogP contribution is -2.38. The summed E-state index contributed by atoms with van der Waals surface area (Å²) >= 11 is 0. The van der Waals surface area contributed by atoms with E-state index in [1.54, 1.807) is 13.0 Å². The van der Waals surface area contributed by atoms with Crippen molar-refractivity contribution in [1.29, 1.82) is 0 Å². The quantitative estimate of drug-likeness (QED) is 0.587. The van der Waals surface area contributed by atoms with Gasteiger partial charge in [0.2, 0.25) is 0 Å². The zero-order valence-corrected chi connectivity index (χ0v) is 12.4. The summed E-state index contributed by atoms with van der Waals surface area (Å²) in [6.07, 6.45) is 2.34. The van der Waals surface area contributed by atoms with Gasteiger partial charge in [-0.3, -0.25) is 15.0 Å². The SMILES string of the molecule is Cc1c(CN(CCO)CC2CCCN2)cccc1[N+](=O)[O-]. The van der Waals surface area contributed by atoms with Gasteiger partial charge in [0, 0.05) is 37.3 Å². The molecule has 0 amide bonds. The van der Waals surface area contributed by atoms with Crippen molar-refractivity contribution in [2.24, 2.45) is 0 Å². The molecule has 6 nitrogen and oxygen atoms in total. The first-order valence-corrected chi connectivity index (χ1v) is 7.41. The molecule has 0 bridgehead atoms. The average molecular weight is 293 g/mol. The number of hydrogen-bond acceptors (Lipinski definition) is 5. The van der Waals surface area contributed by atoms with Gasteiger partial charge in [0.1, 0.15) is 0 Å². The van der Waals surface area contributed by atoms with Crippen molar-refractivity contribution < 1.29 is 10.0 Å². The Morgan fingerprint density at radius 3 is 2.95 bits per heavy atom. The van der Waals surface area contributed by atoms with Crippen LogP contribution in [0.25, 0.3) is 0 Å². The molecule has 0 saturated carbocycles. The van der Waals surface area contributed by atoms with Gasteiger partial charge in [0.05, 0.1) is 11.5 Å². The molecule has 2 N–H and O–H groups in total. The summed E-state index contributed by atoms with van der Waals surface area (Å²) in [5.41, 5.74) is 1.83. The number of aliphatic hydroxyl groups excluding tert-OH is 1. The predicted octanol–water partition coefficient (Wildman–Crippen LogP) is 1.45. The molecule has 0 spiro atoms. The Balaban J connectivity index is 2.08. The Morgan fingerprint density at radius 1 is 1.52 bits per heavy atom. The Kier molecular flexibility index (Phi) is 5.67. The molecule has 6 heteroatoms. The second-order valence-corrected chi connectivity index (χ2v) is 5.57. The average Bonchev–Trinajstić information content (AvgIpc) is 2.94. The van der Waals surface area contributed by atoms with Crippen LogP contribution in [-0.4, -0.2) is 47.2 Å². The third-order valence-corrected chi connectivity index (χ3v) is 4.07. The molecule has 0 aliphatic carbocycles. The lowest BCUT2D eigenvalue weighted by Gasteiger charge is -2.25. The molecule has 1 aromatic rings. The lowest BCUT2D eigenvalue weighted by molar-refractivity contribution is -0.385. The highest BCUT2D eigenvalue weighted by Gasteiger charge is 2.20. The van der Waals surface area contributed by atoms with Gasteiger partial charge in [0.15, 0.2) is 0 Å². The number of nitrogens with zero attached hydrogens (tertiary/aromatic N) is 2. The highest BCUT2D eigenvalue weighted by molar-refractivity contribution is 5.44. The van der Waals surface area contributed by atoms with Crippen molar-refractivity contribution >= 4 is 5.69 Å². The predicted molar refractivity (Wildman–Crippen MR) is 81.2 cm³/mol. The van der Waals surface area contributed by atoms with E-state index in [1.807, 2.05) is 6.07 Å². The van der Waals surface area contributed by atoms with Crippen LogP contribution in [0.2, 0.25) is 0 Å². The van der Waals surface area contributed by atoms with Crippen molar-refractivity contribution in [3.8, 4) is 0 Å². The summed E-state index contributed by atoms with van der Waals surface area (Å²) in [6, 6.07) is 5.64. The van der Waals surface area contributed by atoms with Crippen molar-refractivity contribution in [2.75, 3.05) is 26.2 Å². The number of nitro benzene ring substituents is 1. The topological polar surface area (TPSA) is 78.6 Å². The fourth-order valence-corrected chi connectivity index (χ4v) is 2.88. The second-order valence-electron chi connectivity index (χ2n) is 5.57. The summed E-state index contributed by atoms with van der Waals surface area (Å²) in [4.78, 5) is 12.8. The van der Waals surface area contributed by atoms with Crippen LogP contribution in [0.1, 0.15) is 24.0 Å². The Bertz CT molecular complexity index is 487. The second kappa shape index (κ2) is 7.49. The Hall–Kier alpha value is -1.50. The van der Waals surface area contributed by atoms with Crippen molar-refractivity contribution in [2.45, 2.75) is 32.4 Å². The monoisotopic (exact) mass is 293 g/mol. The zero-order valence-electron chi connectivity index (χ0n) is 12.4. The van der Waals surface area contributed by atoms with Gasteiger partial charge in [-0.1, -0.05) is 12.1 Å². The van der Waals surface area contributed by atoms with Gasteiger partial charge >= 0.3 is 0 Å². The molecule has 1 aliphatic heterocycles. The third kappa shape index (κ3) is 4.23. The van der Waals surface area contributed by atoms with E-state index < -0.39 is 0 Å². The standard InChI is InChI=1S/C15H23N3O3/c1-12-13(4-2-6-15(12)18(20)21)10-17(8-9-19)11-14-5-3-7-16-14/h2,4,6,14,16,19H,3,5,7-11H2,1H3. The van der Waals surface area contributed by atoms with Crippen LogP contribution < -0.4 is 5.32 Å². The van der Waals surface area contributed by atoms with Gasteiger partial charge in [-0.15, -0.1) is 0 Å². The molecular weight excluding hydrogens is 270 g/mol. The lowest BCUT2D eigenvalue weighted by atomic mass is 10.1. The highest BCUT2D eigenvalue weighted by atomic mass is 16.6. The van der Waals surface area contributed by atoms with Crippen LogP contribution in [0, 0.1) is 17.0 Å². The van der Waals surface area contributed by atoms with Gasteiger partial charge in [-0.05, 0) is 31.9 Å². The minimum absolute atomic E-state index is 0.0979. The smallest absolute Gasteiger partial charge is 0.272 e. The van der Waals surface area contributed by atoms with Gasteiger partial charge < -0.3 is 10.4 Å². The highest BCUT2D eigenvalue weighted by Crippen LogP contribution is 2.22. The van der Waals surface area contributed by atoms with Gasteiger partial charge in [-0.25, -0.2) is 0 Å². The number of nitrogens with one attached hydrogen (secondary N) is 1. The summed E-state index contributed by atoms with van der Waals surface area (Å²) in [6.45, 7) is 5.02. The molecule has 1 heterocycles. The molecule has 1 atom stereocenters. The molecule has 1 aliphatic rings. The molecule has 1 aromatic carbocycles. The molecule has 2 rings (SSSR count). The Morgan fingerprint density at radius 2 is 2.33 bits per heavy atom. The van der Waals surface area contributed by atoms with E-state index in [2.05, 4.69) is 10.2 Å². The zero-order chi connectivity index (χ0) is 15.2.